The zero-order chi connectivity index (χ0) is 18.5. The van der Waals surface area contributed by atoms with Crippen LogP contribution in [0.2, 0.25) is 0 Å². The van der Waals surface area contributed by atoms with Crippen LogP contribution in [0.3, 0.4) is 0 Å². The summed E-state index contributed by atoms with van der Waals surface area (Å²) in [4.78, 5) is 13.2. The largest absolute Gasteiger partial charge is 0.494 e. The highest BCUT2D eigenvalue weighted by molar-refractivity contribution is 9.10. The Bertz CT molecular complexity index is 1130. The van der Waals surface area contributed by atoms with Crippen molar-refractivity contribution in [2.75, 3.05) is 13.2 Å². The number of benzene rings is 2. The van der Waals surface area contributed by atoms with Gasteiger partial charge in [0.15, 0.2) is 5.88 Å². The number of fused-ring (bicyclic) bond motifs is 2. The van der Waals surface area contributed by atoms with Gasteiger partial charge in [0, 0.05) is 19.9 Å². The van der Waals surface area contributed by atoms with Crippen LogP contribution in [0.1, 0.15) is 11.1 Å². The molecule has 27 heavy (non-hydrogen) atoms. The molecule has 8 heteroatoms. The van der Waals surface area contributed by atoms with E-state index in [-0.39, 0.29) is 12.0 Å². The number of oxime groups is 1. The first kappa shape index (κ1) is 17.0. The third-order valence-electron chi connectivity index (χ3n) is 4.47. The van der Waals surface area contributed by atoms with Gasteiger partial charge in [0.25, 0.3) is 0 Å². The molecule has 2 N–H and O–H groups in total. The van der Waals surface area contributed by atoms with Crippen molar-refractivity contribution >= 4 is 59.9 Å². The second kappa shape index (κ2) is 6.47. The fraction of sp³-hybridized carbons (Fsp3) is 0.158. The van der Waals surface area contributed by atoms with Crippen LogP contribution < -0.4 is 0 Å². The quantitative estimate of drug-likeness (QED) is 0.412. The van der Waals surface area contributed by atoms with Crippen LogP contribution in [0, 0.1) is 0 Å². The van der Waals surface area contributed by atoms with Crippen molar-refractivity contribution in [3.8, 4) is 5.88 Å². The average molecular weight is 491 g/mol. The molecule has 3 aromatic rings. The van der Waals surface area contributed by atoms with Gasteiger partial charge in [0.2, 0.25) is 0 Å². The molecule has 0 saturated carbocycles. The van der Waals surface area contributed by atoms with Gasteiger partial charge in [-0.25, -0.2) is 4.99 Å². The van der Waals surface area contributed by atoms with Crippen LogP contribution in [0.25, 0.3) is 10.9 Å². The molecule has 136 valence electrons. The van der Waals surface area contributed by atoms with E-state index < -0.39 is 0 Å². The van der Waals surface area contributed by atoms with Crippen molar-refractivity contribution in [2.45, 2.75) is 6.10 Å². The van der Waals surface area contributed by atoms with Crippen molar-refractivity contribution in [3.63, 3.8) is 0 Å². The van der Waals surface area contributed by atoms with E-state index in [4.69, 9.17) is 14.6 Å². The molecule has 1 atom stereocenters. The molecule has 6 nitrogen and oxygen atoms in total. The lowest BCUT2D eigenvalue weighted by molar-refractivity contribution is 0.125. The molecule has 1 fully saturated rings. The number of H-pyrrole nitrogens is 1. The van der Waals surface area contributed by atoms with Crippen molar-refractivity contribution < 1.29 is 14.7 Å². The van der Waals surface area contributed by atoms with E-state index in [1.165, 1.54) is 0 Å². The molecule has 1 unspecified atom stereocenters. The standard InChI is InChI=1S/C19H13Br2N3O3/c20-9-1-3-12-14(5-9)23-19(25)16(12)18-17(24-27-8-11-7-26-11)13-4-2-10(21)6-15(13)22-18/h1-6,11,23,25H,7-8H2/b24-17+. The van der Waals surface area contributed by atoms with E-state index in [2.05, 4.69) is 42.0 Å². The Morgan fingerprint density at radius 1 is 1.22 bits per heavy atom. The molecule has 0 radical (unpaired) electrons. The summed E-state index contributed by atoms with van der Waals surface area (Å²) in [5.41, 5.74) is 4.22. The van der Waals surface area contributed by atoms with Gasteiger partial charge in [-0.15, -0.1) is 0 Å². The topological polar surface area (TPSA) is 82.5 Å². The minimum Gasteiger partial charge on any atom is -0.494 e. The Hall–Kier alpha value is -2.16. The predicted molar refractivity (Wildman–Crippen MR) is 110 cm³/mol. The Morgan fingerprint density at radius 2 is 2.00 bits per heavy atom. The number of aromatic nitrogens is 1. The van der Waals surface area contributed by atoms with E-state index in [9.17, 15) is 5.11 Å². The molecule has 5 rings (SSSR count). The Morgan fingerprint density at radius 3 is 2.81 bits per heavy atom. The SMILES string of the molecule is Oc1[nH]c2cc(Br)ccc2c1C1=Nc2cc(Br)ccc2/C1=N\OCC1CO1. The van der Waals surface area contributed by atoms with Crippen LogP contribution in [-0.2, 0) is 9.57 Å². The fourth-order valence-electron chi connectivity index (χ4n) is 3.11. The molecular formula is C19H13Br2N3O3. The zero-order valence-corrected chi connectivity index (χ0v) is 17.0. The number of nitrogens with one attached hydrogen (secondary N) is 1. The van der Waals surface area contributed by atoms with E-state index in [1.54, 1.807) is 0 Å². The van der Waals surface area contributed by atoms with Gasteiger partial charge in [-0.05, 0) is 30.3 Å². The van der Waals surface area contributed by atoms with Gasteiger partial charge in [-0.1, -0.05) is 43.1 Å². The summed E-state index contributed by atoms with van der Waals surface area (Å²) in [6.07, 6.45) is 0.111. The van der Waals surface area contributed by atoms with Crippen LogP contribution in [0.4, 0.5) is 5.69 Å². The summed E-state index contributed by atoms with van der Waals surface area (Å²) in [7, 11) is 0. The summed E-state index contributed by atoms with van der Waals surface area (Å²) in [6, 6.07) is 11.6. The molecule has 0 bridgehead atoms. The number of hydrogen-bond acceptors (Lipinski definition) is 5. The lowest BCUT2D eigenvalue weighted by Crippen LogP contribution is -2.14. The van der Waals surface area contributed by atoms with E-state index in [0.717, 1.165) is 31.1 Å². The lowest BCUT2D eigenvalue weighted by Gasteiger charge is -2.05. The number of rotatable bonds is 4. The number of hydrogen-bond donors (Lipinski definition) is 2. The number of ether oxygens (including phenoxy) is 1. The van der Waals surface area contributed by atoms with E-state index >= 15 is 0 Å². The van der Waals surface area contributed by atoms with Crippen LogP contribution in [0.5, 0.6) is 5.88 Å². The normalized spacial score (nSPS) is 19.4. The molecule has 0 spiro atoms. The third kappa shape index (κ3) is 3.07. The van der Waals surface area contributed by atoms with Gasteiger partial charge in [0.05, 0.1) is 23.4 Å². The monoisotopic (exact) mass is 489 g/mol. The highest BCUT2D eigenvalue weighted by Crippen LogP contribution is 2.37. The summed E-state index contributed by atoms with van der Waals surface area (Å²) in [5, 5.41) is 15.8. The van der Waals surface area contributed by atoms with Crippen molar-refractivity contribution in [2.24, 2.45) is 10.1 Å². The number of aromatic amines is 1. The molecule has 0 amide bonds. The van der Waals surface area contributed by atoms with Crippen molar-refractivity contribution in [3.05, 3.63) is 56.5 Å². The summed E-state index contributed by atoms with van der Waals surface area (Å²) in [6.45, 7) is 1.10. The smallest absolute Gasteiger partial charge is 0.199 e. The minimum absolute atomic E-state index is 0.0481. The lowest BCUT2D eigenvalue weighted by atomic mass is 10.0. The van der Waals surface area contributed by atoms with Crippen LogP contribution in [-0.4, -0.2) is 40.8 Å². The summed E-state index contributed by atoms with van der Waals surface area (Å²) < 4.78 is 7.01. The van der Waals surface area contributed by atoms with Crippen molar-refractivity contribution in [1.29, 1.82) is 0 Å². The number of epoxide rings is 1. The van der Waals surface area contributed by atoms with Crippen LogP contribution in [0.15, 0.2) is 55.5 Å². The first-order valence-corrected chi connectivity index (χ1v) is 9.90. The molecule has 1 aromatic heterocycles. The highest BCUT2D eigenvalue weighted by Gasteiger charge is 2.30. The maximum absolute atomic E-state index is 10.6. The minimum atomic E-state index is 0.0481. The first-order chi connectivity index (χ1) is 13.1. The average Bonchev–Trinajstić information content (AvgIpc) is 3.31. The second-order valence-electron chi connectivity index (χ2n) is 6.35. The molecule has 0 aliphatic carbocycles. The Balaban J connectivity index is 1.65. The molecule has 1 saturated heterocycles. The predicted octanol–water partition coefficient (Wildman–Crippen LogP) is 4.65. The summed E-state index contributed by atoms with van der Waals surface area (Å²) in [5.74, 6) is 0.0481. The number of halogens is 2. The van der Waals surface area contributed by atoms with Crippen molar-refractivity contribution in [1.82, 2.24) is 4.98 Å². The first-order valence-electron chi connectivity index (χ1n) is 8.31. The molecule has 2 aliphatic rings. The number of aliphatic imine (C=N–C) groups is 1. The molecular weight excluding hydrogens is 478 g/mol. The Labute approximate surface area is 171 Å². The van der Waals surface area contributed by atoms with Gasteiger partial charge in [-0.2, -0.15) is 0 Å². The zero-order valence-electron chi connectivity index (χ0n) is 13.9. The van der Waals surface area contributed by atoms with Crippen LogP contribution >= 0.6 is 31.9 Å². The molecule has 2 aromatic carbocycles. The summed E-state index contributed by atoms with van der Waals surface area (Å²) >= 11 is 6.93. The maximum atomic E-state index is 10.6. The fourth-order valence-corrected chi connectivity index (χ4v) is 3.82. The Kier molecular flexibility index (Phi) is 4.07. The maximum Gasteiger partial charge on any atom is 0.199 e. The molecule has 3 heterocycles. The number of aromatic hydroxyl groups is 1. The molecule has 2 aliphatic heterocycles. The van der Waals surface area contributed by atoms with Gasteiger partial charge < -0.3 is 19.7 Å². The van der Waals surface area contributed by atoms with Gasteiger partial charge >= 0.3 is 0 Å². The number of nitrogens with zero attached hydrogens (tertiary/aromatic N) is 2. The third-order valence-corrected chi connectivity index (χ3v) is 5.45. The van der Waals surface area contributed by atoms with E-state index in [0.29, 0.717) is 30.2 Å². The van der Waals surface area contributed by atoms with Gasteiger partial charge in [0.1, 0.15) is 24.1 Å². The van der Waals surface area contributed by atoms with Gasteiger partial charge in [-0.3, -0.25) is 0 Å². The highest BCUT2D eigenvalue weighted by atomic mass is 79.9. The second-order valence-corrected chi connectivity index (χ2v) is 8.18. The van der Waals surface area contributed by atoms with E-state index in [1.807, 2.05) is 36.4 Å².